The maximum absolute atomic E-state index is 11.9. The first kappa shape index (κ1) is 16.3. The van der Waals surface area contributed by atoms with Crippen LogP contribution in [-0.2, 0) is 21.4 Å². The predicted octanol–water partition coefficient (Wildman–Crippen LogP) is -1.90. The maximum Gasteiger partial charge on any atom is 0.287 e. The van der Waals surface area contributed by atoms with E-state index in [2.05, 4.69) is 15.6 Å². The Labute approximate surface area is 120 Å². The third kappa shape index (κ3) is 4.41. The van der Waals surface area contributed by atoms with Crippen LogP contribution in [0.25, 0.3) is 0 Å². The summed E-state index contributed by atoms with van der Waals surface area (Å²) in [7, 11) is 2.95. The van der Waals surface area contributed by atoms with Gasteiger partial charge in [0.1, 0.15) is 11.7 Å². The van der Waals surface area contributed by atoms with E-state index in [1.165, 1.54) is 24.1 Å². The molecule has 0 saturated heterocycles. The van der Waals surface area contributed by atoms with Crippen LogP contribution in [0.5, 0.6) is 0 Å². The Morgan fingerprint density at radius 2 is 2.05 bits per heavy atom. The van der Waals surface area contributed by atoms with Gasteiger partial charge in [0, 0.05) is 20.5 Å². The number of ketones is 1. The van der Waals surface area contributed by atoms with Gasteiger partial charge < -0.3 is 20.9 Å². The van der Waals surface area contributed by atoms with Crippen molar-refractivity contribution in [2.75, 3.05) is 7.05 Å². The van der Waals surface area contributed by atoms with E-state index in [-0.39, 0.29) is 18.5 Å². The van der Waals surface area contributed by atoms with Gasteiger partial charge in [0.2, 0.25) is 11.7 Å². The van der Waals surface area contributed by atoms with E-state index in [0.29, 0.717) is 0 Å². The number of carbonyl (C=O) groups excluding carboxylic acids is 4. The molecular weight excluding hydrogens is 278 g/mol. The van der Waals surface area contributed by atoms with E-state index in [1.54, 1.807) is 7.05 Å². The molecule has 0 aliphatic heterocycles. The molecule has 0 spiro atoms. The normalized spacial score (nSPS) is 11.5. The first-order valence-corrected chi connectivity index (χ1v) is 6.18. The zero-order valence-corrected chi connectivity index (χ0v) is 11.8. The first-order chi connectivity index (χ1) is 9.86. The van der Waals surface area contributed by atoms with Gasteiger partial charge in [-0.2, -0.15) is 0 Å². The van der Waals surface area contributed by atoms with Crippen LogP contribution in [0.4, 0.5) is 0 Å². The number of carbonyl (C=O) groups is 4. The zero-order valence-electron chi connectivity index (χ0n) is 11.8. The van der Waals surface area contributed by atoms with Crippen molar-refractivity contribution in [2.45, 2.75) is 18.9 Å². The van der Waals surface area contributed by atoms with Crippen LogP contribution < -0.4 is 16.4 Å². The van der Waals surface area contributed by atoms with Gasteiger partial charge in [-0.25, -0.2) is 4.98 Å². The summed E-state index contributed by atoms with van der Waals surface area (Å²) >= 11 is 0. The highest BCUT2D eigenvalue weighted by atomic mass is 16.2. The van der Waals surface area contributed by atoms with Gasteiger partial charge in [0.05, 0.1) is 12.5 Å². The second-order valence-corrected chi connectivity index (χ2v) is 4.36. The van der Waals surface area contributed by atoms with Gasteiger partial charge in [0.15, 0.2) is 0 Å². The molecule has 0 aliphatic rings. The summed E-state index contributed by atoms with van der Waals surface area (Å²) in [4.78, 5) is 49.5. The standard InChI is InChI=1S/C12H17N5O4/c1-14-12(21)9(18)4-3-7(10(13)19)16-11(20)8-5-15-6-17(8)2/h5-7H,3-4H2,1-2H3,(H2,13,19)(H,14,21)(H,16,20). The van der Waals surface area contributed by atoms with Crippen molar-refractivity contribution in [3.63, 3.8) is 0 Å². The average Bonchev–Trinajstić information content (AvgIpc) is 2.87. The van der Waals surface area contributed by atoms with Gasteiger partial charge in [-0.15, -0.1) is 0 Å². The second kappa shape index (κ2) is 7.17. The molecule has 4 N–H and O–H groups in total. The highest BCUT2D eigenvalue weighted by Crippen LogP contribution is 2.02. The number of amides is 3. The number of hydrogen-bond donors (Lipinski definition) is 3. The van der Waals surface area contributed by atoms with Crippen molar-refractivity contribution >= 4 is 23.5 Å². The van der Waals surface area contributed by atoms with Crippen molar-refractivity contribution < 1.29 is 19.2 Å². The Morgan fingerprint density at radius 3 is 2.52 bits per heavy atom. The SMILES string of the molecule is CNC(=O)C(=O)CCC(NC(=O)c1cncn1C)C(N)=O. The van der Waals surface area contributed by atoms with Gasteiger partial charge >= 0.3 is 0 Å². The monoisotopic (exact) mass is 295 g/mol. The quantitative estimate of drug-likeness (QED) is 0.505. The molecule has 1 rings (SSSR count). The number of rotatable bonds is 7. The number of nitrogens with one attached hydrogen (secondary N) is 2. The van der Waals surface area contributed by atoms with Crippen LogP contribution in [0.15, 0.2) is 12.5 Å². The maximum atomic E-state index is 11.9. The van der Waals surface area contributed by atoms with Gasteiger partial charge in [-0.3, -0.25) is 19.2 Å². The molecule has 0 bridgehead atoms. The summed E-state index contributed by atoms with van der Waals surface area (Å²) < 4.78 is 1.48. The third-order valence-corrected chi connectivity index (χ3v) is 2.84. The number of nitrogens with two attached hydrogens (primary N) is 1. The molecule has 1 unspecified atom stereocenters. The minimum Gasteiger partial charge on any atom is -0.368 e. The van der Waals surface area contributed by atoms with E-state index in [0.717, 1.165) is 0 Å². The summed E-state index contributed by atoms with van der Waals surface area (Å²) in [5.41, 5.74) is 5.43. The lowest BCUT2D eigenvalue weighted by atomic mass is 10.1. The molecule has 9 nitrogen and oxygen atoms in total. The summed E-state index contributed by atoms with van der Waals surface area (Å²) in [6.07, 6.45) is 2.52. The van der Waals surface area contributed by atoms with Gasteiger partial charge in [-0.1, -0.05) is 0 Å². The van der Waals surface area contributed by atoms with Gasteiger partial charge in [-0.05, 0) is 6.42 Å². The lowest BCUT2D eigenvalue weighted by Crippen LogP contribution is -2.45. The largest absolute Gasteiger partial charge is 0.368 e. The molecule has 0 radical (unpaired) electrons. The minimum atomic E-state index is -1.04. The Bertz CT molecular complexity index is 566. The number of aryl methyl sites for hydroxylation is 1. The number of likely N-dealkylation sites (N-methyl/N-ethyl adjacent to an activating group) is 1. The van der Waals surface area contributed by atoms with Crippen LogP contribution in [0.2, 0.25) is 0 Å². The molecule has 0 fully saturated rings. The predicted molar refractivity (Wildman–Crippen MR) is 72.0 cm³/mol. The average molecular weight is 295 g/mol. The third-order valence-electron chi connectivity index (χ3n) is 2.84. The van der Waals surface area contributed by atoms with E-state index in [4.69, 9.17) is 5.73 Å². The fourth-order valence-electron chi connectivity index (χ4n) is 1.62. The number of Topliss-reactive ketones (excluding diaryl/α,β-unsaturated/α-hetero) is 1. The molecule has 0 aliphatic carbocycles. The fraction of sp³-hybridized carbons (Fsp3) is 0.417. The van der Waals surface area contributed by atoms with Crippen molar-refractivity contribution in [3.05, 3.63) is 18.2 Å². The lowest BCUT2D eigenvalue weighted by molar-refractivity contribution is -0.137. The van der Waals surface area contributed by atoms with Crippen molar-refractivity contribution in [1.82, 2.24) is 20.2 Å². The smallest absolute Gasteiger partial charge is 0.287 e. The Balaban J connectivity index is 2.65. The van der Waals surface area contributed by atoms with E-state index < -0.39 is 29.5 Å². The van der Waals surface area contributed by atoms with Crippen LogP contribution in [-0.4, -0.2) is 46.1 Å². The number of imidazole rings is 1. The molecule has 1 aromatic rings. The Kier molecular flexibility index (Phi) is 5.58. The number of hydrogen-bond acceptors (Lipinski definition) is 5. The fourth-order valence-corrected chi connectivity index (χ4v) is 1.62. The molecule has 114 valence electrons. The minimum absolute atomic E-state index is 0.0504. The first-order valence-electron chi connectivity index (χ1n) is 6.18. The van der Waals surface area contributed by atoms with Gasteiger partial charge in [0.25, 0.3) is 11.8 Å². The van der Waals surface area contributed by atoms with Crippen molar-refractivity contribution in [3.8, 4) is 0 Å². The summed E-state index contributed by atoms with van der Waals surface area (Å²) in [6.45, 7) is 0. The van der Waals surface area contributed by atoms with E-state index >= 15 is 0 Å². The molecular formula is C12H17N5O4. The number of primary amides is 1. The molecule has 1 heterocycles. The van der Waals surface area contributed by atoms with Crippen LogP contribution in [0.3, 0.4) is 0 Å². The summed E-state index contributed by atoms with van der Waals surface area (Å²) in [5.74, 6) is -2.75. The van der Waals surface area contributed by atoms with Crippen molar-refractivity contribution in [2.24, 2.45) is 12.8 Å². The molecule has 1 aromatic heterocycles. The topological polar surface area (TPSA) is 136 Å². The molecule has 0 saturated carbocycles. The molecule has 0 aromatic carbocycles. The van der Waals surface area contributed by atoms with Crippen LogP contribution in [0, 0.1) is 0 Å². The highest BCUT2D eigenvalue weighted by molar-refractivity contribution is 6.36. The Hall–Kier alpha value is -2.71. The lowest BCUT2D eigenvalue weighted by Gasteiger charge is -2.14. The Morgan fingerprint density at radius 1 is 1.38 bits per heavy atom. The summed E-state index contributed by atoms with van der Waals surface area (Å²) in [6, 6.07) is -1.04. The number of aromatic nitrogens is 2. The molecule has 1 atom stereocenters. The van der Waals surface area contributed by atoms with Crippen molar-refractivity contribution in [1.29, 1.82) is 0 Å². The van der Waals surface area contributed by atoms with Crippen LogP contribution >= 0.6 is 0 Å². The molecule has 21 heavy (non-hydrogen) atoms. The summed E-state index contributed by atoms with van der Waals surface area (Å²) in [5, 5.41) is 4.60. The highest BCUT2D eigenvalue weighted by Gasteiger charge is 2.22. The van der Waals surface area contributed by atoms with E-state index in [1.807, 2.05) is 0 Å². The molecule has 9 heteroatoms. The number of nitrogens with zero attached hydrogens (tertiary/aromatic N) is 2. The van der Waals surface area contributed by atoms with Crippen LogP contribution in [0.1, 0.15) is 23.3 Å². The second-order valence-electron chi connectivity index (χ2n) is 4.36. The zero-order chi connectivity index (χ0) is 16.0. The molecule has 3 amide bonds. The van der Waals surface area contributed by atoms with E-state index in [9.17, 15) is 19.2 Å².